The summed E-state index contributed by atoms with van der Waals surface area (Å²) in [7, 11) is 1.95. The van der Waals surface area contributed by atoms with E-state index >= 15 is 0 Å². The van der Waals surface area contributed by atoms with Crippen LogP contribution in [0, 0.1) is 0 Å². The van der Waals surface area contributed by atoms with Gasteiger partial charge in [-0.1, -0.05) is 6.92 Å². The molecule has 0 bridgehead atoms. The monoisotopic (exact) mass is 303 g/mol. The highest BCUT2D eigenvalue weighted by Crippen LogP contribution is 2.26. The van der Waals surface area contributed by atoms with Gasteiger partial charge in [0.1, 0.15) is 5.01 Å². The molecular formula is C13H22ClN3OS. The van der Waals surface area contributed by atoms with Gasteiger partial charge in [0.15, 0.2) is 0 Å². The highest BCUT2D eigenvalue weighted by Gasteiger charge is 2.20. The average molecular weight is 304 g/mol. The van der Waals surface area contributed by atoms with Crippen LogP contribution < -0.4 is 5.32 Å². The number of likely N-dealkylation sites (N-methyl/N-ethyl adjacent to an activating group) is 1. The lowest BCUT2D eigenvalue weighted by Gasteiger charge is -2.25. The highest BCUT2D eigenvalue weighted by molar-refractivity contribution is 7.09. The van der Waals surface area contributed by atoms with Crippen LogP contribution in [0.25, 0.3) is 0 Å². The van der Waals surface area contributed by atoms with E-state index in [1.165, 1.54) is 0 Å². The largest absolute Gasteiger partial charge is 0.353 e. The number of nitrogens with one attached hydrogen (secondary N) is 1. The van der Waals surface area contributed by atoms with Crippen molar-refractivity contribution in [1.82, 2.24) is 15.2 Å². The van der Waals surface area contributed by atoms with Gasteiger partial charge < -0.3 is 5.32 Å². The van der Waals surface area contributed by atoms with Gasteiger partial charge in [0.25, 0.3) is 0 Å². The first-order valence-corrected chi connectivity index (χ1v) is 7.89. The van der Waals surface area contributed by atoms with Crippen LogP contribution in [0.4, 0.5) is 0 Å². The fourth-order valence-electron chi connectivity index (χ4n) is 1.92. The van der Waals surface area contributed by atoms with Crippen molar-refractivity contribution in [2.75, 3.05) is 13.6 Å². The van der Waals surface area contributed by atoms with Crippen molar-refractivity contribution in [2.24, 2.45) is 0 Å². The molecule has 19 heavy (non-hydrogen) atoms. The maximum Gasteiger partial charge on any atom is 0.234 e. The zero-order valence-corrected chi connectivity index (χ0v) is 13.5. The molecule has 1 unspecified atom stereocenters. The number of carbonyl (C=O) groups excluding carboxylic acids is 1. The van der Waals surface area contributed by atoms with E-state index < -0.39 is 0 Å². The molecular weight excluding hydrogens is 282 g/mol. The molecule has 0 aliphatic heterocycles. The summed E-state index contributed by atoms with van der Waals surface area (Å²) < 4.78 is 0. The van der Waals surface area contributed by atoms with Crippen LogP contribution in [0.3, 0.4) is 0 Å². The Labute approximate surface area is 124 Å². The second-order valence-electron chi connectivity index (χ2n) is 4.87. The number of aromatic nitrogens is 1. The summed E-state index contributed by atoms with van der Waals surface area (Å²) in [4.78, 5) is 18.3. The molecule has 1 amide bonds. The molecule has 1 aromatic heterocycles. The number of rotatable bonds is 7. The molecule has 1 heterocycles. The molecule has 0 aliphatic rings. The summed E-state index contributed by atoms with van der Waals surface area (Å²) in [5.74, 6) is 0.481. The summed E-state index contributed by atoms with van der Waals surface area (Å²) in [6.45, 7) is 6.40. The lowest BCUT2D eigenvalue weighted by molar-refractivity contribution is -0.122. The zero-order chi connectivity index (χ0) is 14.4. The minimum atomic E-state index is 0.0464. The van der Waals surface area contributed by atoms with Gasteiger partial charge in [0, 0.05) is 11.4 Å². The van der Waals surface area contributed by atoms with Crippen molar-refractivity contribution in [3.63, 3.8) is 0 Å². The van der Waals surface area contributed by atoms with Crippen LogP contribution in [0.15, 0.2) is 5.38 Å². The molecule has 1 rings (SSSR count). The van der Waals surface area contributed by atoms with Crippen molar-refractivity contribution in [3.05, 3.63) is 16.1 Å². The molecule has 1 aromatic rings. The van der Waals surface area contributed by atoms with Crippen LogP contribution in [0.2, 0.25) is 0 Å². The first-order chi connectivity index (χ1) is 8.97. The Morgan fingerprint density at radius 3 is 2.74 bits per heavy atom. The van der Waals surface area contributed by atoms with Gasteiger partial charge in [-0.05, 0) is 27.3 Å². The van der Waals surface area contributed by atoms with Gasteiger partial charge in [-0.25, -0.2) is 4.98 Å². The standard InChI is InChI=1S/C13H22ClN3OS/c1-5-11(13-16-10(6-14)8-19-13)17(4)7-12(18)15-9(2)3/h8-9,11H,5-7H2,1-4H3,(H,15,18). The quantitative estimate of drug-likeness (QED) is 0.788. The highest BCUT2D eigenvalue weighted by atomic mass is 35.5. The smallest absolute Gasteiger partial charge is 0.234 e. The van der Waals surface area contributed by atoms with E-state index in [2.05, 4.69) is 17.2 Å². The molecule has 0 saturated carbocycles. The fraction of sp³-hybridized carbons (Fsp3) is 0.692. The lowest BCUT2D eigenvalue weighted by atomic mass is 10.2. The van der Waals surface area contributed by atoms with Gasteiger partial charge in [0.2, 0.25) is 5.91 Å². The second-order valence-corrected chi connectivity index (χ2v) is 6.03. The molecule has 1 N–H and O–H groups in total. The van der Waals surface area contributed by atoms with Crippen LogP contribution in [0.1, 0.15) is 43.9 Å². The molecule has 0 radical (unpaired) electrons. The fourth-order valence-corrected chi connectivity index (χ4v) is 3.21. The van der Waals surface area contributed by atoms with Crippen molar-refractivity contribution >= 4 is 28.8 Å². The molecule has 0 aliphatic carbocycles. The number of alkyl halides is 1. The van der Waals surface area contributed by atoms with E-state index in [4.69, 9.17) is 11.6 Å². The molecule has 108 valence electrons. The molecule has 1 atom stereocenters. The molecule has 0 spiro atoms. The van der Waals surface area contributed by atoms with Crippen LogP contribution in [-0.4, -0.2) is 35.4 Å². The third kappa shape index (κ3) is 5.09. The van der Waals surface area contributed by atoms with Gasteiger partial charge in [-0.15, -0.1) is 22.9 Å². The number of halogens is 1. The first kappa shape index (κ1) is 16.4. The Balaban J connectivity index is 2.66. The Hall–Kier alpha value is -0.650. The van der Waals surface area contributed by atoms with E-state index in [-0.39, 0.29) is 18.0 Å². The summed E-state index contributed by atoms with van der Waals surface area (Å²) in [5, 5.41) is 5.91. The van der Waals surface area contributed by atoms with Gasteiger partial charge in [-0.3, -0.25) is 9.69 Å². The van der Waals surface area contributed by atoms with Crippen molar-refractivity contribution in [3.8, 4) is 0 Å². The predicted molar refractivity (Wildman–Crippen MR) is 80.6 cm³/mol. The van der Waals surface area contributed by atoms with Crippen LogP contribution in [-0.2, 0) is 10.7 Å². The van der Waals surface area contributed by atoms with Crippen LogP contribution in [0.5, 0.6) is 0 Å². The zero-order valence-electron chi connectivity index (χ0n) is 11.9. The number of hydrogen-bond acceptors (Lipinski definition) is 4. The average Bonchev–Trinajstić information content (AvgIpc) is 2.77. The summed E-state index contributed by atoms with van der Waals surface area (Å²) >= 11 is 7.38. The van der Waals surface area contributed by atoms with E-state index in [1.807, 2.05) is 31.2 Å². The number of carbonyl (C=O) groups is 1. The molecule has 6 heteroatoms. The molecule has 0 aromatic carbocycles. The molecule has 0 saturated heterocycles. The van der Waals surface area contributed by atoms with E-state index in [9.17, 15) is 4.79 Å². The molecule has 0 fully saturated rings. The van der Waals surface area contributed by atoms with E-state index in [0.29, 0.717) is 12.4 Å². The number of hydrogen-bond donors (Lipinski definition) is 1. The van der Waals surface area contributed by atoms with Crippen molar-refractivity contribution in [2.45, 2.75) is 45.2 Å². The Bertz CT molecular complexity index is 408. The SMILES string of the molecule is CCC(c1nc(CCl)cs1)N(C)CC(=O)NC(C)C. The number of amides is 1. The topological polar surface area (TPSA) is 45.2 Å². The summed E-state index contributed by atoms with van der Waals surface area (Å²) in [6.07, 6.45) is 0.917. The summed E-state index contributed by atoms with van der Waals surface area (Å²) in [5.41, 5.74) is 0.903. The molecule has 4 nitrogen and oxygen atoms in total. The predicted octanol–water partition coefficient (Wildman–Crippen LogP) is 2.79. The maximum absolute atomic E-state index is 11.8. The van der Waals surface area contributed by atoms with Gasteiger partial charge >= 0.3 is 0 Å². The Morgan fingerprint density at radius 1 is 1.58 bits per heavy atom. The van der Waals surface area contributed by atoms with E-state index in [1.54, 1.807) is 11.3 Å². The Morgan fingerprint density at radius 2 is 2.26 bits per heavy atom. The van der Waals surface area contributed by atoms with Crippen molar-refractivity contribution < 1.29 is 4.79 Å². The first-order valence-electron chi connectivity index (χ1n) is 6.47. The summed E-state index contributed by atoms with van der Waals surface area (Å²) in [6, 6.07) is 0.337. The van der Waals surface area contributed by atoms with E-state index in [0.717, 1.165) is 17.1 Å². The second kappa shape index (κ2) is 7.82. The van der Waals surface area contributed by atoms with Gasteiger partial charge in [-0.2, -0.15) is 0 Å². The number of thiazole rings is 1. The van der Waals surface area contributed by atoms with Gasteiger partial charge in [0.05, 0.1) is 24.2 Å². The lowest BCUT2D eigenvalue weighted by Crippen LogP contribution is -2.39. The minimum absolute atomic E-state index is 0.0464. The third-order valence-electron chi connectivity index (χ3n) is 2.75. The normalized spacial score (nSPS) is 13.0. The minimum Gasteiger partial charge on any atom is -0.353 e. The van der Waals surface area contributed by atoms with Crippen LogP contribution >= 0.6 is 22.9 Å². The third-order valence-corrected chi connectivity index (χ3v) is 4.02. The van der Waals surface area contributed by atoms with Crippen molar-refractivity contribution in [1.29, 1.82) is 0 Å². The maximum atomic E-state index is 11.8. The Kier molecular flexibility index (Phi) is 6.75. The number of nitrogens with zero attached hydrogens (tertiary/aromatic N) is 2.